The fraction of sp³-hybridized carbons (Fsp3) is 0.350. The average molecular weight is 403 g/mol. The van der Waals surface area contributed by atoms with Crippen LogP contribution in [0.2, 0.25) is 0 Å². The third-order valence-electron chi connectivity index (χ3n) is 5.17. The van der Waals surface area contributed by atoms with E-state index in [0.717, 1.165) is 33.9 Å². The zero-order valence-corrected chi connectivity index (χ0v) is 16.9. The maximum Gasteiger partial charge on any atom is 0.241 e. The van der Waals surface area contributed by atoms with Gasteiger partial charge < -0.3 is 4.90 Å². The highest BCUT2D eigenvalue weighted by Crippen LogP contribution is 2.37. The van der Waals surface area contributed by atoms with E-state index < -0.39 is 10.0 Å². The van der Waals surface area contributed by atoms with E-state index in [1.807, 2.05) is 31.2 Å². The van der Waals surface area contributed by atoms with Gasteiger partial charge in [0.1, 0.15) is 0 Å². The van der Waals surface area contributed by atoms with E-state index in [1.165, 1.54) is 6.92 Å². The van der Waals surface area contributed by atoms with Crippen molar-refractivity contribution in [3.8, 4) is 0 Å². The lowest BCUT2D eigenvalue weighted by atomic mass is 10.1. The molecule has 2 aromatic rings. The van der Waals surface area contributed by atoms with Crippen LogP contribution in [0.5, 0.6) is 0 Å². The summed E-state index contributed by atoms with van der Waals surface area (Å²) in [7, 11) is -3.64. The number of amides is 1. The molecule has 1 amide bonds. The van der Waals surface area contributed by atoms with Gasteiger partial charge in [-0.2, -0.15) is 0 Å². The number of anilines is 1. The fourth-order valence-corrected chi connectivity index (χ4v) is 6.40. The minimum Gasteiger partial charge on any atom is -0.309 e. The van der Waals surface area contributed by atoms with Crippen molar-refractivity contribution >= 4 is 33.4 Å². The molecule has 0 saturated carbocycles. The monoisotopic (exact) mass is 402 g/mol. The second-order valence-corrected chi connectivity index (χ2v) is 9.93. The summed E-state index contributed by atoms with van der Waals surface area (Å²) in [5.41, 5.74) is 2.75. The van der Waals surface area contributed by atoms with Gasteiger partial charge in [-0.05, 0) is 60.9 Å². The van der Waals surface area contributed by atoms with Gasteiger partial charge in [-0.1, -0.05) is 18.2 Å². The topological polar surface area (TPSA) is 66.5 Å². The number of benzene rings is 2. The predicted octanol–water partition coefficient (Wildman–Crippen LogP) is 3.50. The lowest BCUT2D eigenvalue weighted by molar-refractivity contribution is -0.116. The van der Waals surface area contributed by atoms with Crippen LogP contribution in [0.4, 0.5) is 5.69 Å². The zero-order chi connectivity index (χ0) is 19.2. The van der Waals surface area contributed by atoms with Crippen LogP contribution in [0, 0.1) is 0 Å². The third kappa shape index (κ3) is 3.39. The molecule has 0 aliphatic carbocycles. The summed E-state index contributed by atoms with van der Waals surface area (Å²) < 4.78 is 28.9. The van der Waals surface area contributed by atoms with Crippen LogP contribution >= 0.6 is 11.8 Å². The molecule has 0 aromatic heterocycles. The fourth-order valence-electron chi connectivity index (χ4n) is 3.97. The van der Waals surface area contributed by atoms with Gasteiger partial charge >= 0.3 is 0 Å². The summed E-state index contributed by atoms with van der Waals surface area (Å²) in [4.78, 5) is 15.0. The highest BCUT2D eigenvalue weighted by Gasteiger charge is 2.31. The van der Waals surface area contributed by atoms with Crippen molar-refractivity contribution in [3.05, 3.63) is 53.6 Å². The SMILES string of the molecule is CC(=O)N1c2ccc(S(=O)(=O)N[C@@H]3CCSc4ccccc43)cc2C[C@@H]1C. The molecular weight excluding hydrogens is 380 g/mol. The molecule has 4 rings (SSSR count). The van der Waals surface area contributed by atoms with Crippen molar-refractivity contribution in [2.45, 2.75) is 48.6 Å². The molecular formula is C20H22N2O3S2. The van der Waals surface area contributed by atoms with Gasteiger partial charge in [0.2, 0.25) is 15.9 Å². The first kappa shape index (κ1) is 18.5. The summed E-state index contributed by atoms with van der Waals surface area (Å²) >= 11 is 1.76. The predicted molar refractivity (Wildman–Crippen MR) is 108 cm³/mol. The number of nitrogens with zero attached hydrogens (tertiary/aromatic N) is 1. The number of sulfonamides is 1. The van der Waals surface area contributed by atoms with Gasteiger partial charge in [0, 0.05) is 29.6 Å². The molecule has 0 bridgehead atoms. The van der Waals surface area contributed by atoms with Crippen molar-refractivity contribution in [1.82, 2.24) is 4.72 Å². The van der Waals surface area contributed by atoms with Gasteiger partial charge in [0.25, 0.3) is 0 Å². The molecule has 7 heteroatoms. The molecule has 0 fully saturated rings. The van der Waals surface area contributed by atoms with Crippen LogP contribution in [0.15, 0.2) is 52.3 Å². The molecule has 0 spiro atoms. The number of carbonyl (C=O) groups excluding carboxylic acids is 1. The molecule has 5 nitrogen and oxygen atoms in total. The van der Waals surface area contributed by atoms with E-state index in [1.54, 1.807) is 34.9 Å². The molecule has 2 heterocycles. The minimum atomic E-state index is -3.64. The van der Waals surface area contributed by atoms with Crippen molar-refractivity contribution in [1.29, 1.82) is 0 Å². The van der Waals surface area contributed by atoms with Crippen LogP contribution in [0.25, 0.3) is 0 Å². The largest absolute Gasteiger partial charge is 0.309 e. The highest BCUT2D eigenvalue weighted by atomic mass is 32.2. The molecule has 0 saturated heterocycles. The molecule has 142 valence electrons. The first-order chi connectivity index (χ1) is 12.9. The van der Waals surface area contributed by atoms with E-state index in [4.69, 9.17) is 0 Å². The van der Waals surface area contributed by atoms with Gasteiger partial charge in [0.15, 0.2) is 0 Å². The van der Waals surface area contributed by atoms with Gasteiger partial charge in [-0.3, -0.25) is 4.79 Å². The second kappa shape index (κ2) is 6.96. The summed E-state index contributed by atoms with van der Waals surface area (Å²) in [6.45, 7) is 3.51. The smallest absolute Gasteiger partial charge is 0.241 e. The summed E-state index contributed by atoms with van der Waals surface area (Å²) in [6, 6.07) is 12.8. The number of thioether (sulfide) groups is 1. The Kier molecular flexibility index (Phi) is 4.78. The Balaban J connectivity index is 1.63. The van der Waals surface area contributed by atoms with Crippen LogP contribution < -0.4 is 9.62 Å². The standard InChI is InChI=1S/C20H22N2O3S2/c1-13-11-15-12-16(7-8-19(15)22(13)14(2)23)27(24,25)21-18-9-10-26-20-6-4-3-5-17(18)20/h3-8,12-13,18,21H,9-11H2,1-2H3/t13-,18+/m0/s1. The van der Waals surface area contributed by atoms with E-state index in [2.05, 4.69) is 4.72 Å². The lowest BCUT2D eigenvalue weighted by Gasteiger charge is -2.25. The van der Waals surface area contributed by atoms with Gasteiger partial charge in [0.05, 0.1) is 4.90 Å². The molecule has 2 aliphatic rings. The molecule has 2 atom stereocenters. The number of carbonyl (C=O) groups is 1. The van der Waals surface area contributed by atoms with Crippen molar-refractivity contribution < 1.29 is 13.2 Å². The normalized spacial score (nSPS) is 21.6. The Bertz CT molecular complexity index is 1000. The first-order valence-corrected chi connectivity index (χ1v) is 11.5. The molecule has 2 aliphatic heterocycles. The number of rotatable bonds is 3. The number of hydrogen-bond donors (Lipinski definition) is 1. The molecule has 1 N–H and O–H groups in total. The summed E-state index contributed by atoms with van der Waals surface area (Å²) in [5, 5.41) is 0. The van der Waals surface area contributed by atoms with Crippen molar-refractivity contribution in [3.63, 3.8) is 0 Å². The number of fused-ring (bicyclic) bond motifs is 2. The Morgan fingerprint density at radius 3 is 2.78 bits per heavy atom. The molecule has 27 heavy (non-hydrogen) atoms. The van der Waals surface area contributed by atoms with Crippen LogP contribution in [0.3, 0.4) is 0 Å². The Morgan fingerprint density at radius 1 is 1.22 bits per heavy atom. The maximum atomic E-state index is 13.0. The van der Waals surface area contributed by atoms with E-state index in [0.29, 0.717) is 6.42 Å². The van der Waals surface area contributed by atoms with Crippen molar-refractivity contribution in [2.24, 2.45) is 0 Å². The minimum absolute atomic E-state index is 0.0219. The first-order valence-electron chi connectivity index (χ1n) is 9.03. The quantitative estimate of drug-likeness (QED) is 0.853. The maximum absolute atomic E-state index is 13.0. The van der Waals surface area contributed by atoms with E-state index in [-0.39, 0.29) is 22.9 Å². The van der Waals surface area contributed by atoms with E-state index in [9.17, 15) is 13.2 Å². The number of nitrogens with one attached hydrogen (secondary N) is 1. The summed E-state index contributed by atoms with van der Waals surface area (Å²) in [6.07, 6.45) is 1.43. The third-order valence-corrected chi connectivity index (χ3v) is 7.76. The van der Waals surface area contributed by atoms with Crippen molar-refractivity contribution in [2.75, 3.05) is 10.7 Å². The zero-order valence-electron chi connectivity index (χ0n) is 15.3. The second-order valence-electron chi connectivity index (χ2n) is 7.08. The van der Waals surface area contributed by atoms with Gasteiger partial charge in [-0.15, -0.1) is 11.8 Å². The summed E-state index contributed by atoms with van der Waals surface area (Å²) in [5.74, 6) is 0.866. The Hall–Kier alpha value is -1.83. The van der Waals surface area contributed by atoms with Crippen LogP contribution in [-0.4, -0.2) is 26.1 Å². The van der Waals surface area contributed by atoms with Crippen LogP contribution in [-0.2, 0) is 21.2 Å². The highest BCUT2D eigenvalue weighted by molar-refractivity contribution is 7.99. The van der Waals surface area contributed by atoms with E-state index >= 15 is 0 Å². The van der Waals surface area contributed by atoms with Gasteiger partial charge in [-0.25, -0.2) is 13.1 Å². The Labute approximate surface area is 164 Å². The number of hydrogen-bond acceptors (Lipinski definition) is 4. The molecule has 0 radical (unpaired) electrons. The van der Waals surface area contributed by atoms with Crippen LogP contribution in [0.1, 0.15) is 37.4 Å². The molecule has 2 aromatic carbocycles. The molecule has 0 unspecified atom stereocenters. The average Bonchev–Trinajstić information content (AvgIpc) is 2.97. The lowest BCUT2D eigenvalue weighted by Crippen LogP contribution is -2.33. The Morgan fingerprint density at radius 2 is 2.00 bits per heavy atom.